The highest BCUT2D eigenvalue weighted by Gasteiger charge is 2.36. The molecule has 0 radical (unpaired) electrons. The third kappa shape index (κ3) is 2.91. The van der Waals surface area contributed by atoms with E-state index in [1.165, 1.54) is 10.4 Å². The topological polar surface area (TPSA) is 75.9 Å². The average molecular weight is 357 g/mol. The molecule has 1 fully saturated rings. The molecule has 3 aromatic heterocycles. The molecule has 0 saturated heterocycles. The maximum atomic E-state index is 9.77. The first-order valence-electron chi connectivity index (χ1n) is 8.73. The number of fused-ring (bicyclic) bond motifs is 1. The summed E-state index contributed by atoms with van der Waals surface area (Å²) >= 11 is 1.73. The summed E-state index contributed by atoms with van der Waals surface area (Å²) in [5.41, 5.74) is 2.46. The van der Waals surface area contributed by atoms with Crippen LogP contribution in [-0.2, 0) is 13.5 Å². The monoisotopic (exact) mass is 357 g/mol. The number of aliphatic hydroxyl groups is 1. The summed E-state index contributed by atoms with van der Waals surface area (Å²) in [6.45, 7) is 4.32. The molecule has 1 aliphatic rings. The van der Waals surface area contributed by atoms with Crippen LogP contribution in [0, 0.1) is 12.8 Å². The third-order valence-electron chi connectivity index (χ3n) is 5.14. The Labute approximate surface area is 150 Å². The minimum Gasteiger partial charge on any atom is -0.393 e. The van der Waals surface area contributed by atoms with Crippen molar-refractivity contribution in [2.24, 2.45) is 13.0 Å². The minimum absolute atomic E-state index is 0.0973. The number of rotatable bonds is 5. The van der Waals surface area contributed by atoms with E-state index in [4.69, 9.17) is 0 Å². The van der Waals surface area contributed by atoms with Crippen molar-refractivity contribution in [1.82, 2.24) is 19.7 Å². The Morgan fingerprint density at radius 3 is 2.84 bits per heavy atom. The van der Waals surface area contributed by atoms with Crippen LogP contribution in [-0.4, -0.2) is 31.0 Å². The summed E-state index contributed by atoms with van der Waals surface area (Å²) < 4.78 is 1.82. The van der Waals surface area contributed by atoms with Crippen LogP contribution in [0.3, 0.4) is 0 Å². The number of nitrogens with zero attached hydrogens (tertiary/aromatic N) is 4. The van der Waals surface area contributed by atoms with Crippen molar-refractivity contribution < 1.29 is 5.11 Å². The first-order valence-corrected chi connectivity index (χ1v) is 9.54. The Hall–Kier alpha value is -1.99. The number of nitrogens with one attached hydrogen (secondary N) is 1. The lowest BCUT2D eigenvalue weighted by Crippen LogP contribution is -2.36. The number of anilines is 1. The lowest BCUT2D eigenvalue weighted by molar-refractivity contribution is 0.0339. The van der Waals surface area contributed by atoms with Gasteiger partial charge in [-0.1, -0.05) is 6.92 Å². The Morgan fingerprint density at radius 1 is 1.40 bits per heavy atom. The summed E-state index contributed by atoms with van der Waals surface area (Å²) in [7, 11) is 1.93. The fraction of sp³-hybridized carbons (Fsp3) is 0.500. The molecule has 1 saturated carbocycles. The van der Waals surface area contributed by atoms with Crippen LogP contribution in [0.15, 0.2) is 18.7 Å². The summed E-state index contributed by atoms with van der Waals surface area (Å²) in [6, 6.07) is 0.0973. The van der Waals surface area contributed by atoms with Gasteiger partial charge in [-0.2, -0.15) is 5.10 Å². The van der Waals surface area contributed by atoms with Crippen molar-refractivity contribution in [3.63, 3.8) is 0 Å². The van der Waals surface area contributed by atoms with Crippen LogP contribution in [0.25, 0.3) is 10.2 Å². The lowest BCUT2D eigenvalue weighted by atomic mass is 9.75. The third-order valence-corrected chi connectivity index (χ3v) is 6.20. The highest BCUT2D eigenvalue weighted by atomic mass is 32.1. The molecule has 25 heavy (non-hydrogen) atoms. The molecule has 3 heterocycles. The summed E-state index contributed by atoms with van der Waals surface area (Å²) in [6.07, 6.45) is 7.98. The van der Waals surface area contributed by atoms with Crippen LogP contribution < -0.4 is 5.32 Å². The predicted octanol–water partition coefficient (Wildman–Crippen LogP) is 3.22. The molecule has 0 amide bonds. The molecule has 6 nitrogen and oxygen atoms in total. The van der Waals surface area contributed by atoms with Gasteiger partial charge in [0.1, 0.15) is 17.0 Å². The Kier molecular flexibility index (Phi) is 4.21. The first kappa shape index (κ1) is 16.5. The van der Waals surface area contributed by atoms with E-state index < -0.39 is 0 Å². The van der Waals surface area contributed by atoms with Crippen molar-refractivity contribution in [2.75, 3.05) is 5.32 Å². The van der Waals surface area contributed by atoms with Gasteiger partial charge in [-0.25, -0.2) is 9.97 Å². The standard InChI is InChI=1S/C18H23N5OS/c1-4-14-10(2)25-18-15(14)17(19-9-20-18)22-16(11-5-13(24)6-11)12-7-21-23(3)8-12/h7-9,11,13,16,24H,4-6H2,1-3H3,(H,19,20,22)/t11?,13?,16-/m1/s1. The van der Waals surface area contributed by atoms with Gasteiger partial charge in [-0.15, -0.1) is 11.3 Å². The van der Waals surface area contributed by atoms with Crippen molar-refractivity contribution in [3.8, 4) is 0 Å². The van der Waals surface area contributed by atoms with Gasteiger partial charge in [-0.3, -0.25) is 4.68 Å². The molecule has 1 aliphatic carbocycles. The van der Waals surface area contributed by atoms with E-state index in [2.05, 4.69) is 34.2 Å². The van der Waals surface area contributed by atoms with Crippen LogP contribution >= 0.6 is 11.3 Å². The summed E-state index contributed by atoms with van der Waals surface area (Å²) in [4.78, 5) is 11.3. The van der Waals surface area contributed by atoms with Crippen LogP contribution in [0.2, 0.25) is 0 Å². The summed E-state index contributed by atoms with van der Waals surface area (Å²) in [5.74, 6) is 1.27. The molecule has 7 heteroatoms. The van der Waals surface area contributed by atoms with Gasteiger partial charge in [0, 0.05) is 23.7 Å². The van der Waals surface area contributed by atoms with E-state index in [0.29, 0.717) is 5.92 Å². The molecular formula is C18H23N5OS. The Morgan fingerprint density at radius 2 is 2.20 bits per heavy atom. The van der Waals surface area contributed by atoms with Gasteiger partial charge in [0.2, 0.25) is 0 Å². The highest BCUT2D eigenvalue weighted by molar-refractivity contribution is 7.18. The van der Waals surface area contributed by atoms with Gasteiger partial charge in [0.25, 0.3) is 0 Å². The van der Waals surface area contributed by atoms with Crippen molar-refractivity contribution in [2.45, 2.75) is 45.3 Å². The lowest BCUT2D eigenvalue weighted by Gasteiger charge is -2.38. The van der Waals surface area contributed by atoms with Gasteiger partial charge in [-0.05, 0) is 37.7 Å². The first-order chi connectivity index (χ1) is 12.1. The molecule has 0 unspecified atom stereocenters. The maximum absolute atomic E-state index is 9.77. The average Bonchev–Trinajstić information content (AvgIpc) is 3.12. The molecule has 132 valence electrons. The minimum atomic E-state index is -0.189. The fourth-order valence-electron chi connectivity index (χ4n) is 3.76. The van der Waals surface area contributed by atoms with E-state index in [9.17, 15) is 5.11 Å². The fourth-order valence-corrected chi connectivity index (χ4v) is 4.84. The number of hydrogen-bond donors (Lipinski definition) is 2. The van der Waals surface area contributed by atoms with Gasteiger partial charge < -0.3 is 10.4 Å². The quantitative estimate of drug-likeness (QED) is 0.733. The molecule has 0 bridgehead atoms. The highest BCUT2D eigenvalue weighted by Crippen LogP contribution is 2.41. The number of aliphatic hydroxyl groups excluding tert-OH is 1. The van der Waals surface area contributed by atoms with Gasteiger partial charge >= 0.3 is 0 Å². The maximum Gasteiger partial charge on any atom is 0.138 e. The van der Waals surface area contributed by atoms with Crippen LogP contribution in [0.4, 0.5) is 5.82 Å². The van der Waals surface area contributed by atoms with Gasteiger partial charge in [0.05, 0.1) is 23.7 Å². The number of aryl methyl sites for hydroxylation is 3. The molecule has 4 rings (SSSR count). The van der Waals surface area contributed by atoms with Crippen LogP contribution in [0.5, 0.6) is 0 Å². The molecule has 0 aromatic carbocycles. The van der Waals surface area contributed by atoms with E-state index in [0.717, 1.165) is 40.9 Å². The zero-order chi connectivity index (χ0) is 17.6. The number of aromatic nitrogens is 4. The zero-order valence-corrected chi connectivity index (χ0v) is 15.5. The molecule has 0 aliphatic heterocycles. The zero-order valence-electron chi connectivity index (χ0n) is 14.7. The largest absolute Gasteiger partial charge is 0.393 e. The Bertz CT molecular complexity index is 896. The normalized spacial score (nSPS) is 21.3. The molecule has 2 N–H and O–H groups in total. The second-order valence-corrected chi connectivity index (χ2v) is 8.05. The predicted molar refractivity (Wildman–Crippen MR) is 99.8 cm³/mol. The molecule has 0 spiro atoms. The molecule has 3 aromatic rings. The molecule has 1 atom stereocenters. The van der Waals surface area contributed by atoms with E-state index in [1.54, 1.807) is 17.7 Å². The van der Waals surface area contributed by atoms with Crippen LogP contribution in [0.1, 0.15) is 41.8 Å². The van der Waals surface area contributed by atoms with E-state index in [1.807, 2.05) is 24.1 Å². The van der Waals surface area contributed by atoms with Crippen molar-refractivity contribution in [1.29, 1.82) is 0 Å². The molecular weight excluding hydrogens is 334 g/mol. The number of thiophene rings is 1. The second-order valence-electron chi connectivity index (χ2n) is 6.85. The number of hydrogen-bond acceptors (Lipinski definition) is 6. The SMILES string of the molecule is CCc1c(C)sc2ncnc(N[C@@H](c3cnn(C)c3)C3CC(O)C3)c12. The van der Waals surface area contributed by atoms with Crippen molar-refractivity contribution in [3.05, 3.63) is 34.7 Å². The second kappa shape index (κ2) is 6.38. The van der Waals surface area contributed by atoms with Gasteiger partial charge in [0.15, 0.2) is 0 Å². The summed E-state index contributed by atoms with van der Waals surface area (Å²) in [5, 5.41) is 18.9. The van der Waals surface area contributed by atoms with Crippen molar-refractivity contribution >= 4 is 27.4 Å². The smallest absolute Gasteiger partial charge is 0.138 e. The van der Waals surface area contributed by atoms with E-state index >= 15 is 0 Å². The Balaban J connectivity index is 1.74. The van der Waals surface area contributed by atoms with E-state index in [-0.39, 0.29) is 12.1 Å².